The summed E-state index contributed by atoms with van der Waals surface area (Å²) in [5.74, 6) is -0.254. The number of rotatable bonds is 9. The van der Waals surface area contributed by atoms with Gasteiger partial charge in [-0.1, -0.05) is 41.4 Å². The molecule has 47 heavy (non-hydrogen) atoms. The molecule has 0 spiro atoms. The third-order valence-corrected chi connectivity index (χ3v) is 10.1. The van der Waals surface area contributed by atoms with Crippen LogP contribution in [0.4, 0.5) is 0 Å². The van der Waals surface area contributed by atoms with E-state index in [9.17, 15) is 14.7 Å². The van der Waals surface area contributed by atoms with E-state index in [4.69, 9.17) is 27.9 Å². The molecule has 244 valence electrons. The van der Waals surface area contributed by atoms with Crippen LogP contribution in [0, 0.1) is 27.7 Å². The second kappa shape index (κ2) is 13.1. The lowest BCUT2D eigenvalue weighted by Crippen LogP contribution is -2.31. The molecule has 3 aromatic carbocycles. The SMILES string of the molecule is Cc1cc(OCCCc2c3n(c4c(-c5c(C)nn(C)c5C)c(Cl)ccc24)CCCN(Cc2ccc(C(=O)O)cc2)C3=O)cc(C)c1Cl. The summed E-state index contributed by atoms with van der Waals surface area (Å²) in [4.78, 5) is 27.8. The number of carbonyl (C=O) groups excluding carboxylic acids is 1. The number of carboxylic acid groups (broad SMARTS) is 1. The topological polar surface area (TPSA) is 89.6 Å². The van der Waals surface area contributed by atoms with E-state index in [2.05, 4.69) is 9.67 Å². The van der Waals surface area contributed by atoms with E-state index in [1.165, 1.54) is 0 Å². The van der Waals surface area contributed by atoms with Crippen LogP contribution in [0.15, 0.2) is 48.5 Å². The second-order valence-electron chi connectivity index (χ2n) is 12.4. The summed E-state index contributed by atoms with van der Waals surface area (Å²) in [6, 6.07) is 14.6. The summed E-state index contributed by atoms with van der Waals surface area (Å²) in [6.45, 7) is 10.0. The highest BCUT2D eigenvalue weighted by Crippen LogP contribution is 2.43. The first-order valence-electron chi connectivity index (χ1n) is 15.8. The number of carboxylic acids is 1. The highest BCUT2D eigenvalue weighted by Gasteiger charge is 2.32. The van der Waals surface area contributed by atoms with Gasteiger partial charge in [-0.15, -0.1) is 0 Å². The number of aryl methyl sites for hydroxylation is 6. The quantitative estimate of drug-likeness (QED) is 0.159. The molecule has 0 radical (unpaired) electrons. The molecule has 1 aliphatic heterocycles. The normalized spacial score (nSPS) is 13.3. The highest BCUT2D eigenvalue weighted by atomic mass is 35.5. The molecule has 5 aromatic rings. The van der Waals surface area contributed by atoms with Crippen LogP contribution in [0.3, 0.4) is 0 Å². The molecule has 1 amide bonds. The molecule has 8 nitrogen and oxygen atoms in total. The van der Waals surface area contributed by atoms with Gasteiger partial charge in [-0.2, -0.15) is 5.10 Å². The number of nitrogens with zero attached hydrogens (tertiary/aromatic N) is 4. The fourth-order valence-electron chi connectivity index (χ4n) is 6.81. The van der Waals surface area contributed by atoms with Gasteiger partial charge >= 0.3 is 5.97 Å². The number of amides is 1. The molecule has 10 heteroatoms. The van der Waals surface area contributed by atoms with Crippen LogP contribution in [0.25, 0.3) is 22.0 Å². The zero-order valence-electron chi connectivity index (χ0n) is 27.3. The number of carbonyl (C=O) groups is 2. The monoisotopic (exact) mass is 672 g/mol. The second-order valence-corrected chi connectivity index (χ2v) is 13.2. The zero-order valence-corrected chi connectivity index (χ0v) is 28.8. The average Bonchev–Trinajstić information content (AvgIpc) is 3.41. The lowest BCUT2D eigenvalue weighted by atomic mass is 9.98. The molecule has 1 aliphatic rings. The highest BCUT2D eigenvalue weighted by molar-refractivity contribution is 6.35. The number of benzene rings is 3. The van der Waals surface area contributed by atoms with Crippen molar-refractivity contribution in [3.8, 4) is 16.9 Å². The zero-order chi connectivity index (χ0) is 33.6. The van der Waals surface area contributed by atoms with Crippen LogP contribution in [-0.2, 0) is 26.6 Å². The van der Waals surface area contributed by atoms with Crippen molar-refractivity contribution >= 4 is 46.0 Å². The van der Waals surface area contributed by atoms with E-state index >= 15 is 0 Å². The first-order valence-corrected chi connectivity index (χ1v) is 16.6. The molecular formula is C37H38Cl2N4O4. The lowest BCUT2D eigenvalue weighted by molar-refractivity contribution is 0.0694. The van der Waals surface area contributed by atoms with Gasteiger partial charge in [-0.25, -0.2) is 4.79 Å². The maximum atomic E-state index is 14.6. The van der Waals surface area contributed by atoms with Crippen LogP contribution < -0.4 is 4.74 Å². The van der Waals surface area contributed by atoms with Crippen LogP contribution in [-0.4, -0.2) is 49.4 Å². The third-order valence-electron chi connectivity index (χ3n) is 9.16. The molecule has 1 N–H and O–H groups in total. The fourth-order valence-corrected chi connectivity index (χ4v) is 7.17. The van der Waals surface area contributed by atoms with Crippen LogP contribution in [0.5, 0.6) is 5.75 Å². The first-order chi connectivity index (χ1) is 22.5. The molecule has 0 saturated carbocycles. The predicted molar refractivity (Wildman–Crippen MR) is 186 cm³/mol. The molecular weight excluding hydrogens is 635 g/mol. The van der Waals surface area contributed by atoms with Gasteiger partial charge in [-0.05, 0) is 99.5 Å². The molecule has 0 saturated heterocycles. The molecule has 0 atom stereocenters. The van der Waals surface area contributed by atoms with Crippen molar-refractivity contribution < 1.29 is 19.4 Å². The minimum atomic E-state index is -0.976. The smallest absolute Gasteiger partial charge is 0.335 e. The number of halogens is 2. The van der Waals surface area contributed by atoms with E-state index in [1.807, 2.05) is 68.6 Å². The van der Waals surface area contributed by atoms with Crippen molar-refractivity contribution in [2.45, 2.75) is 60.0 Å². The number of ether oxygens (including phenoxy) is 1. The van der Waals surface area contributed by atoms with Crippen molar-refractivity contribution in [1.82, 2.24) is 19.2 Å². The van der Waals surface area contributed by atoms with Crippen molar-refractivity contribution in [3.63, 3.8) is 0 Å². The van der Waals surface area contributed by atoms with Crippen molar-refractivity contribution in [1.29, 1.82) is 0 Å². The van der Waals surface area contributed by atoms with Gasteiger partial charge in [0.05, 0.1) is 28.4 Å². The number of hydrogen-bond acceptors (Lipinski definition) is 4. The Bertz CT molecular complexity index is 2000. The Balaban J connectivity index is 1.41. The number of fused-ring (bicyclic) bond motifs is 3. The van der Waals surface area contributed by atoms with Crippen LogP contribution in [0.2, 0.25) is 10.0 Å². The van der Waals surface area contributed by atoms with E-state index < -0.39 is 5.97 Å². The van der Waals surface area contributed by atoms with Gasteiger partial charge < -0.3 is 19.3 Å². The Morgan fingerprint density at radius 1 is 0.979 bits per heavy atom. The Hall–Kier alpha value is -4.27. The molecule has 0 fully saturated rings. The molecule has 0 bridgehead atoms. The van der Waals surface area contributed by atoms with Gasteiger partial charge in [0, 0.05) is 53.9 Å². The van der Waals surface area contributed by atoms with Gasteiger partial charge in [-0.3, -0.25) is 9.48 Å². The van der Waals surface area contributed by atoms with Crippen molar-refractivity contribution in [2.75, 3.05) is 13.2 Å². The van der Waals surface area contributed by atoms with Crippen LogP contribution in [0.1, 0.15) is 67.3 Å². The minimum Gasteiger partial charge on any atom is -0.494 e. The molecule has 0 unspecified atom stereocenters. The van der Waals surface area contributed by atoms with E-state index in [0.717, 1.165) is 72.9 Å². The molecule has 0 aliphatic carbocycles. The summed E-state index contributed by atoms with van der Waals surface area (Å²) in [5, 5.41) is 16.4. The van der Waals surface area contributed by atoms with Gasteiger partial charge in [0.25, 0.3) is 5.91 Å². The number of hydrogen-bond donors (Lipinski definition) is 1. The van der Waals surface area contributed by atoms with E-state index in [0.29, 0.717) is 49.8 Å². The maximum absolute atomic E-state index is 14.6. The van der Waals surface area contributed by atoms with Crippen molar-refractivity contribution in [3.05, 3.63) is 103 Å². The standard InChI is InChI=1S/C37H38Cl2N4O4/c1-21-18-27(19-22(2)33(21)39)47-17-6-8-28-29-13-14-30(38)32(31-23(3)40-41(5)24(31)4)34(29)43-16-7-15-42(36(44)35(28)43)20-25-9-11-26(12-10-25)37(45)46/h9-14,18-19H,6-8,15-17,20H2,1-5H3,(H,45,46). The van der Waals surface area contributed by atoms with E-state index in [-0.39, 0.29) is 11.5 Å². The predicted octanol–water partition coefficient (Wildman–Crippen LogP) is 8.34. The molecule has 6 rings (SSSR count). The number of aromatic nitrogens is 3. The Morgan fingerprint density at radius 2 is 1.68 bits per heavy atom. The lowest BCUT2D eigenvalue weighted by Gasteiger charge is -2.21. The number of aromatic carboxylic acids is 1. The third kappa shape index (κ3) is 6.12. The molecule has 2 aromatic heterocycles. The first kappa shape index (κ1) is 32.7. The summed E-state index contributed by atoms with van der Waals surface area (Å²) in [6.07, 6.45) is 2.08. The summed E-state index contributed by atoms with van der Waals surface area (Å²) in [5.41, 5.74) is 9.39. The Labute approximate surface area is 284 Å². The van der Waals surface area contributed by atoms with Gasteiger partial charge in [0.1, 0.15) is 11.4 Å². The van der Waals surface area contributed by atoms with Gasteiger partial charge in [0.15, 0.2) is 0 Å². The summed E-state index contributed by atoms with van der Waals surface area (Å²) >= 11 is 13.4. The van der Waals surface area contributed by atoms with Crippen LogP contribution >= 0.6 is 23.2 Å². The van der Waals surface area contributed by atoms with Gasteiger partial charge in [0.2, 0.25) is 0 Å². The van der Waals surface area contributed by atoms with Crippen molar-refractivity contribution in [2.24, 2.45) is 7.05 Å². The largest absolute Gasteiger partial charge is 0.494 e. The summed E-state index contributed by atoms with van der Waals surface area (Å²) in [7, 11) is 1.93. The van der Waals surface area contributed by atoms with E-state index in [1.54, 1.807) is 24.3 Å². The Morgan fingerprint density at radius 3 is 2.32 bits per heavy atom. The fraction of sp³-hybridized carbons (Fsp3) is 0.324. The average molecular weight is 674 g/mol. The summed E-state index contributed by atoms with van der Waals surface area (Å²) < 4.78 is 10.2. The Kier molecular flexibility index (Phi) is 9.09. The molecule has 3 heterocycles. The maximum Gasteiger partial charge on any atom is 0.335 e. The minimum absolute atomic E-state index is 0.0532.